The molecule has 0 spiro atoms. The molecule has 0 radical (unpaired) electrons. The summed E-state index contributed by atoms with van der Waals surface area (Å²) in [6.45, 7) is 6.07. The van der Waals surface area contributed by atoms with Crippen LogP contribution in [0.2, 0.25) is 0 Å². The van der Waals surface area contributed by atoms with Crippen molar-refractivity contribution >= 4 is 12.1 Å². The average Bonchev–Trinajstić information content (AvgIpc) is 3.56. The van der Waals surface area contributed by atoms with Crippen molar-refractivity contribution in [1.82, 2.24) is 50.2 Å². The lowest BCUT2D eigenvalue weighted by Crippen LogP contribution is -2.36. The predicted molar refractivity (Wildman–Crippen MR) is 118 cm³/mol. The van der Waals surface area contributed by atoms with Crippen LogP contribution in [0.15, 0.2) is 36.9 Å². The second-order valence-electron chi connectivity index (χ2n) is 7.80. The van der Waals surface area contributed by atoms with Crippen molar-refractivity contribution in [2.75, 3.05) is 18.0 Å². The molecule has 0 aliphatic carbocycles. The number of aryl methyl sites for hydroxylation is 2. The third-order valence-corrected chi connectivity index (χ3v) is 5.29. The van der Waals surface area contributed by atoms with Crippen molar-refractivity contribution in [1.29, 1.82) is 0 Å². The van der Waals surface area contributed by atoms with Crippen LogP contribution in [0.1, 0.15) is 36.0 Å². The van der Waals surface area contributed by atoms with Gasteiger partial charge in [-0.1, -0.05) is 0 Å². The average molecular weight is 477 g/mol. The Hall–Kier alpha value is -4.58. The quantitative estimate of drug-likeness (QED) is 0.386. The molecule has 0 aromatic carbocycles. The number of nitrogens with zero attached hydrogens (tertiary/aromatic N) is 11. The molecule has 1 fully saturated rings. The molecular weight excluding hydrogens is 454 g/mol. The summed E-state index contributed by atoms with van der Waals surface area (Å²) in [5.41, 5.74) is 2.76. The molecule has 180 valence electrons. The van der Waals surface area contributed by atoms with Gasteiger partial charge in [0.1, 0.15) is 24.4 Å². The fourth-order valence-corrected chi connectivity index (χ4v) is 3.71. The SMILES string of the molecule is Cc1cc(C)nc(N2CCC(n3ncc(COc4ccc(-n5cnnn5)nc4)n3)CC2)n1.O=C=O. The minimum absolute atomic E-state index is 0.250. The molecule has 5 rings (SSSR count). The molecule has 0 bridgehead atoms. The van der Waals surface area contributed by atoms with Crippen LogP contribution in [0.25, 0.3) is 5.82 Å². The van der Waals surface area contributed by atoms with E-state index in [4.69, 9.17) is 14.3 Å². The van der Waals surface area contributed by atoms with Gasteiger partial charge < -0.3 is 9.64 Å². The summed E-state index contributed by atoms with van der Waals surface area (Å²) in [6, 6.07) is 5.85. The molecule has 1 aliphatic heterocycles. The van der Waals surface area contributed by atoms with Gasteiger partial charge in [-0.2, -0.15) is 29.3 Å². The lowest BCUT2D eigenvalue weighted by molar-refractivity contribution is -0.191. The van der Waals surface area contributed by atoms with E-state index in [2.05, 4.69) is 45.6 Å². The Balaban J connectivity index is 0.000000917. The molecule has 1 aliphatic rings. The highest BCUT2D eigenvalue weighted by Crippen LogP contribution is 2.24. The van der Waals surface area contributed by atoms with Gasteiger partial charge in [-0.3, -0.25) is 0 Å². The largest absolute Gasteiger partial charge is 0.486 e. The first-order valence-corrected chi connectivity index (χ1v) is 10.8. The van der Waals surface area contributed by atoms with Crippen molar-refractivity contribution in [3.8, 4) is 11.6 Å². The normalized spacial score (nSPS) is 13.6. The van der Waals surface area contributed by atoms with E-state index in [0.717, 1.165) is 49.0 Å². The van der Waals surface area contributed by atoms with E-state index in [0.29, 0.717) is 18.2 Å². The minimum Gasteiger partial charge on any atom is -0.486 e. The second-order valence-corrected chi connectivity index (χ2v) is 7.80. The van der Waals surface area contributed by atoms with Gasteiger partial charge in [0.15, 0.2) is 5.82 Å². The predicted octanol–water partition coefficient (Wildman–Crippen LogP) is 0.893. The zero-order valence-corrected chi connectivity index (χ0v) is 19.2. The molecule has 0 unspecified atom stereocenters. The van der Waals surface area contributed by atoms with Gasteiger partial charge in [0.05, 0.1) is 18.4 Å². The van der Waals surface area contributed by atoms with Crippen LogP contribution in [-0.4, -0.2) is 69.4 Å². The summed E-state index contributed by atoms with van der Waals surface area (Å²) in [7, 11) is 0. The Bertz CT molecular complexity index is 1240. The first-order chi connectivity index (χ1) is 17.1. The van der Waals surface area contributed by atoms with Gasteiger partial charge >= 0.3 is 6.15 Å². The van der Waals surface area contributed by atoms with Gasteiger partial charge in [0, 0.05) is 24.5 Å². The highest BCUT2D eigenvalue weighted by atomic mass is 16.5. The Morgan fingerprint density at radius 1 is 1.09 bits per heavy atom. The molecule has 4 aromatic rings. The smallest absolute Gasteiger partial charge is 0.373 e. The number of hydrogen-bond donors (Lipinski definition) is 0. The summed E-state index contributed by atoms with van der Waals surface area (Å²) in [5, 5.41) is 20.1. The van der Waals surface area contributed by atoms with Gasteiger partial charge in [0.25, 0.3) is 0 Å². The van der Waals surface area contributed by atoms with E-state index >= 15 is 0 Å². The molecule has 14 heteroatoms. The van der Waals surface area contributed by atoms with E-state index in [1.54, 1.807) is 23.3 Å². The monoisotopic (exact) mass is 477 g/mol. The number of rotatable bonds is 6. The molecular formula is C21H23N11O3. The maximum Gasteiger partial charge on any atom is 0.373 e. The maximum atomic E-state index is 8.12. The summed E-state index contributed by atoms with van der Waals surface area (Å²) in [4.78, 5) is 33.7. The number of tetrazole rings is 1. The summed E-state index contributed by atoms with van der Waals surface area (Å²) >= 11 is 0. The van der Waals surface area contributed by atoms with E-state index in [1.807, 2.05) is 26.0 Å². The van der Waals surface area contributed by atoms with Gasteiger partial charge in [-0.15, -0.1) is 5.10 Å². The zero-order valence-electron chi connectivity index (χ0n) is 19.2. The van der Waals surface area contributed by atoms with E-state index in [-0.39, 0.29) is 12.2 Å². The van der Waals surface area contributed by atoms with Crippen LogP contribution < -0.4 is 9.64 Å². The fraction of sp³-hybridized carbons (Fsp3) is 0.381. The summed E-state index contributed by atoms with van der Waals surface area (Å²) < 4.78 is 7.28. The van der Waals surface area contributed by atoms with Gasteiger partial charge in [-0.05, 0) is 55.3 Å². The Morgan fingerprint density at radius 2 is 1.83 bits per heavy atom. The molecule has 4 aromatic heterocycles. The van der Waals surface area contributed by atoms with Crippen molar-refractivity contribution in [2.45, 2.75) is 39.3 Å². The van der Waals surface area contributed by atoms with Crippen molar-refractivity contribution in [3.05, 3.63) is 54.0 Å². The summed E-state index contributed by atoms with van der Waals surface area (Å²) in [6.07, 6.45) is 7.00. The maximum absolute atomic E-state index is 8.12. The van der Waals surface area contributed by atoms with Crippen LogP contribution in [-0.2, 0) is 16.2 Å². The van der Waals surface area contributed by atoms with E-state index in [9.17, 15) is 0 Å². The van der Waals surface area contributed by atoms with E-state index in [1.165, 1.54) is 11.0 Å². The first-order valence-electron chi connectivity index (χ1n) is 10.8. The molecule has 1 saturated heterocycles. The van der Waals surface area contributed by atoms with Crippen LogP contribution in [0.5, 0.6) is 5.75 Å². The fourth-order valence-electron chi connectivity index (χ4n) is 3.71. The highest BCUT2D eigenvalue weighted by Gasteiger charge is 2.24. The van der Waals surface area contributed by atoms with Gasteiger partial charge in [-0.25, -0.2) is 15.0 Å². The van der Waals surface area contributed by atoms with Crippen molar-refractivity contribution < 1.29 is 14.3 Å². The Labute approximate surface area is 200 Å². The Kier molecular flexibility index (Phi) is 7.43. The number of aromatic nitrogens is 10. The number of carbonyl (C=O) groups excluding carboxylic acids is 2. The van der Waals surface area contributed by atoms with Crippen molar-refractivity contribution in [2.24, 2.45) is 0 Å². The Morgan fingerprint density at radius 3 is 2.46 bits per heavy atom. The standard InChI is InChI=1S/C20H23N11O.CO2/c1-14-9-15(2)25-20(24-14)29-7-5-17(6-8-29)31-23-10-16(26-31)12-32-18-3-4-19(21-11-18)30-13-22-27-28-30;2-1-3/h3-4,9-11,13,17H,5-8,12H2,1-2H3;. The third-order valence-electron chi connectivity index (χ3n) is 5.29. The first kappa shape index (κ1) is 23.6. The molecule has 35 heavy (non-hydrogen) atoms. The molecule has 0 saturated carbocycles. The zero-order chi connectivity index (χ0) is 24.6. The third kappa shape index (κ3) is 6.06. The van der Waals surface area contributed by atoms with Crippen LogP contribution in [0, 0.1) is 13.8 Å². The minimum atomic E-state index is 0.250. The number of hydrogen-bond acceptors (Lipinski definition) is 12. The molecule has 14 nitrogen and oxygen atoms in total. The lowest BCUT2D eigenvalue weighted by Gasteiger charge is -2.31. The lowest BCUT2D eigenvalue weighted by atomic mass is 10.1. The number of pyridine rings is 1. The highest BCUT2D eigenvalue weighted by molar-refractivity contribution is 5.32. The topological polar surface area (TPSA) is 160 Å². The number of ether oxygens (including phenoxy) is 1. The van der Waals surface area contributed by atoms with Crippen molar-refractivity contribution in [3.63, 3.8) is 0 Å². The molecule has 0 amide bonds. The molecule has 0 N–H and O–H groups in total. The van der Waals surface area contributed by atoms with Crippen LogP contribution in [0.3, 0.4) is 0 Å². The summed E-state index contributed by atoms with van der Waals surface area (Å²) in [5.74, 6) is 2.06. The van der Waals surface area contributed by atoms with Crippen LogP contribution in [0.4, 0.5) is 5.95 Å². The van der Waals surface area contributed by atoms with E-state index < -0.39 is 0 Å². The van der Waals surface area contributed by atoms with Gasteiger partial charge in [0.2, 0.25) is 5.95 Å². The number of anilines is 1. The number of piperidine rings is 1. The molecule has 5 heterocycles. The second kappa shape index (κ2) is 11.0. The van der Waals surface area contributed by atoms with Crippen LogP contribution >= 0.6 is 0 Å². The molecule has 0 atom stereocenters.